The molecule has 0 bridgehead atoms. The number of nitrogens with two attached hydrogens (primary N) is 1. The van der Waals surface area contributed by atoms with E-state index in [1.54, 1.807) is 10.7 Å². The van der Waals surface area contributed by atoms with Gasteiger partial charge in [0.2, 0.25) is 5.95 Å². The van der Waals surface area contributed by atoms with Gasteiger partial charge in [0.15, 0.2) is 11.5 Å². The molecule has 3 heterocycles. The summed E-state index contributed by atoms with van der Waals surface area (Å²) < 4.78 is 22.3. The second-order valence-electron chi connectivity index (χ2n) is 8.50. The van der Waals surface area contributed by atoms with Gasteiger partial charge in [-0.15, -0.1) is 5.10 Å². The molecule has 1 aliphatic rings. The van der Waals surface area contributed by atoms with Crippen molar-refractivity contribution >= 4 is 11.5 Å². The van der Waals surface area contributed by atoms with E-state index in [2.05, 4.69) is 20.1 Å². The largest absolute Gasteiger partial charge is 0.459 e. The molecular weight excluding hydrogens is 411 g/mol. The van der Waals surface area contributed by atoms with Gasteiger partial charge in [0.1, 0.15) is 6.10 Å². The number of fused-ring (bicyclic) bond motifs is 1. The van der Waals surface area contributed by atoms with Crippen molar-refractivity contribution in [1.82, 2.24) is 24.6 Å². The first-order chi connectivity index (χ1) is 15.6. The number of ether oxygens (including phenoxy) is 1. The maximum Gasteiger partial charge on any atom is 0.336 e. The lowest BCUT2D eigenvalue weighted by Gasteiger charge is -2.21. The van der Waals surface area contributed by atoms with Crippen LogP contribution in [0.3, 0.4) is 0 Å². The van der Waals surface area contributed by atoms with E-state index in [4.69, 9.17) is 10.5 Å². The first kappa shape index (κ1) is 22.4. The topological polar surface area (TPSA) is 111 Å². The fourth-order valence-corrected chi connectivity index (χ4v) is 4.41. The van der Waals surface area contributed by atoms with E-state index >= 15 is 0 Å². The summed E-state index contributed by atoms with van der Waals surface area (Å²) >= 11 is 0. The van der Waals surface area contributed by atoms with Crippen LogP contribution >= 0.6 is 0 Å². The predicted molar refractivity (Wildman–Crippen MR) is 119 cm³/mol. The molecule has 9 heteroatoms. The van der Waals surface area contributed by atoms with Gasteiger partial charge in [0.05, 0.1) is 11.9 Å². The third kappa shape index (κ3) is 4.98. The molecule has 0 amide bonds. The molecule has 0 saturated heterocycles. The Kier molecular flexibility index (Phi) is 7.14. The number of rotatable bonds is 9. The van der Waals surface area contributed by atoms with Crippen LogP contribution in [0.2, 0.25) is 0 Å². The van der Waals surface area contributed by atoms with Gasteiger partial charge in [-0.2, -0.15) is 9.37 Å². The van der Waals surface area contributed by atoms with Crippen molar-refractivity contribution in [3.05, 3.63) is 41.2 Å². The molecule has 172 valence electrons. The van der Waals surface area contributed by atoms with E-state index < -0.39 is 5.95 Å². The summed E-state index contributed by atoms with van der Waals surface area (Å²) in [6.07, 6.45) is 9.61. The number of nitrogen functional groups attached to an aromatic ring is 1. The highest BCUT2D eigenvalue weighted by atomic mass is 19.1. The molecule has 3 N–H and O–H groups in total. The number of pyridine rings is 1. The molecule has 0 aromatic carbocycles. The Morgan fingerprint density at radius 2 is 2.03 bits per heavy atom. The standard InChI is InChI=1S/C23H31FN6O2/c1-2-6-18(11-12-31)32-23-28-21(25)22-26-14-17(30(22)29-23)13-16-9-10-19(27-20(16)24)15-7-4-3-5-8-15/h9-10,14-15,18,31H,2-8,11-13H2,1H3,(H2,25,28,29). The Labute approximate surface area is 187 Å². The Morgan fingerprint density at radius 3 is 2.75 bits per heavy atom. The summed E-state index contributed by atoms with van der Waals surface area (Å²) in [5.41, 5.74) is 8.46. The number of anilines is 1. The lowest BCUT2D eigenvalue weighted by atomic mass is 9.86. The van der Waals surface area contributed by atoms with Crippen LogP contribution in [-0.4, -0.2) is 42.4 Å². The molecule has 1 atom stereocenters. The molecule has 1 unspecified atom stereocenters. The molecule has 8 nitrogen and oxygen atoms in total. The average Bonchev–Trinajstić information content (AvgIpc) is 3.19. The Bertz CT molecular complexity index is 1040. The molecule has 32 heavy (non-hydrogen) atoms. The van der Waals surface area contributed by atoms with Crippen LogP contribution in [0, 0.1) is 5.95 Å². The summed E-state index contributed by atoms with van der Waals surface area (Å²) in [6.45, 7) is 2.06. The van der Waals surface area contributed by atoms with Crippen LogP contribution in [-0.2, 0) is 6.42 Å². The molecule has 0 radical (unpaired) electrons. The first-order valence-electron chi connectivity index (χ1n) is 11.5. The Balaban J connectivity index is 1.57. The molecular formula is C23H31FN6O2. The summed E-state index contributed by atoms with van der Waals surface area (Å²) in [4.78, 5) is 12.8. The van der Waals surface area contributed by atoms with Crippen LogP contribution in [0.15, 0.2) is 18.3 Å². The van der Waals surface area contributed by atoms with Gasteiger partial charge in [-0.25, -0.2) is 14.5 Å². The average molecular weight is 443 g/mol. The second kappa shape index (κ2) is 10.2. The van der Waals surface area contributed by atoms with Crippen LogP contribution in [0.5, 0.6) is 6.01 Å². The lowest BCUT2D eigenvalue weighted by Crippen LogP contribution is -2.20. The number of hydrogen-bond donors (Lipinski definition) is 2. The van der Waals surface area contributed by atoms with Crippen molar-refractivity contribution in [2.24, 2.45) is 0 Å². The number of aromatic nitrogens is 5. The number of aliphatic hydroxyl groups excluding tert-OH is 1. The zero-order valence-corrected chi connectivity index (χ0v) is 18.5. The van der Waals surface area contributed by atoms with Crippen molar-refractivity contribution < 1.29 is 14.2 Å². The van der Waals surface area contributed by atoms with Crippen molar-refractivity contribution in [2.45, 2.75) is 76.7 Å². The zero-order chi connectivity index (χ0) is 22.5. The number of hydrogen-bond acceptors (Lipinski definition) is 7. The van der Waals surface area contributed by atoms with Gasteiger partial charge in [0.25, 0.3) is 0 Å². The number of halogens is 1. The van der Waals surface area contributed by atoms with Gasteiger partial charge in [0, 0.05) is 36.6 Å². The minimum absolute atomic E-state index is 0.0157. The molecule has 3 aromatic rings. The summed E-state index contributed by atoms with van der Waals surface area (Å²) in [5, 5.41) is 13.7. The van der Waals surface area contributed by atoms with E-state index in [9.17, 15) is 9.50 Å². The lowest BCUT2D eigenvalue weighted by molar-refractivity contribution is 0.133. The minimum Gasteiger partial charge on any atom is -0.459 e. The van der Waals surface area contributed by atoms with Crippen LogP contribution in [0.1, 0.15) is 81.2 Å². The summed E-state index contributed by atoms with van der Waals surface area (Å²) in [5.74, 6) is 0.0875. The van der Waals surface area contributed by atoms with Crippen LogP contribution in [0.4, 0.5) is 10.2 Å². The van der Waals surface area contributed by atoms with E-state index in [1.807, 2.05) is 19.1 Å². The van der Waals surface area contributed by atoms with E-state index in [-0.39, 0.29) is 31.0 Å². The molecule has 1 saturated carbocycles. The van der Waals surface area contributed by atoms with Gasteiger partial charge in [-0.05, 0) is 25.3 Å². The van der Waals surface area contributed by atoms with Crippen molar-refractivity contribution in [1.29, 1.82) is 0 Å². The fourth-order valence-electron chi connectivity index (χ4n) is 4.41. The van der Waals surface area contributed by atoms with Gasteiger partial charge in [-0.3, -0.25) is 0 Å². The predicted octanol–water partition coefficient (Wildman–Crippen LogP) is 3.81. The second-order valence-corrected chi connectivity index (χ2v) is 8.50. The quantitative estimate of drug-likeness (QED) is 0.485. The highest BCUT2D eigenvalue weighted by molar-refractivity contribution is 5.59. The van der Waals surface area contributed by atoms with Crippen LogP contribution in [0.25, 0.3) is 5.65 Å². The maximum atomic E-state index is 14.9. The van der Waals surface area contributed by atoms with Gasteiger partial charge in [-0.1, -0.05) is 38.7 Å². The highest BCUT2D eigenvalue weighted by Gasteiger charge is 2.20. The molecule has 1 aliphatic carbocycles. The zero-order valence-electron chi connectivity index (χ0n) is 18.5. The van der Waals surface area contributed by atoms with Gasteiger partial charge >= 0.3 is 6.01 Å². The number of imidazole rings is 1. The molecule has 4 rings (SSSR count). The Morgan fingerprint density at radius 1 is 1.22 bits per heavy atom. The van der Waals surface area contributed by atoms with E-state index in [0.29, 0.717) is 29.2 Å². The molecule has 0 spiro atoms. The van der Waals surface area contributed by atoms with Crippen LogP contribution < -0.4 is 10.5 Å². The summed E-state index contributed by atoms with van der Waals surface area (Å²) in [6, 6.07) is 3.87. The first-order valence-corrected chi connectivity index (χ1v) is 11.5. The SMILES string of the molecule is CCCC(CCO)Oc1nc(N)c2ncc(Cc3ccc(C4CCCCC4)nc3F)n2n1. The van der Waals surface area contributed by atoms with Crippen molar-refractivity contribution in [2.75, 3.05) is 12.3 Å². The third-order valence-electron chi connectivity index (χ3n) is 6.12. The van der Waals surface area contributed by atoms with Crippen molar-refractivity contribution in [3.8, 4) is 6.01 Å². The Hall–Kier alpha value is -2.81. The minimum atomic E-state index is -0.451. The number of nitrogens with zero attached hydrogens (tertiary/aromatic N) is 5. The fraction of sp³-hybridized carbons (Fsp3) is 0.565. The summed E-state index contributed by atoms with van der Waals surface area (Å²) in [7, 11) is 0. The van der Waals surface area contributed by atoms with Gasteiger partial charge < -0.3 is 15.6 Å². The van der Waals surface area contributed by atoms with E-state index in [1.165, 1.54) is 19.3 Å². The normalized spacial score (nSPS) is 15.8. The molecule has 3 aromatic heterocycles. The van der Waals surface area contributed by atoms with Crippen molar-refractivity contribution in [3.63, 3.8) is 0 Å². The van der Waals surface area contributed by atoms with E-state index in [0.717, 1.165) is 31.4 Å². The third-order valence-corrected chi connectivity index (χ3v) is 6.12. The molecule has 0 aliphatic heterocycles. The smallest absolute Gasteiger partial charge is 0.336 e. The monoisotopic (exact) mass is 442 g/mol. The number of aliphatic hydroxyl groups is 1. The maximum absolute atomic E-state index is 14.9. The molecule has 1 fully saturated rings. The highest BCUT2D eigenvalue weighted by Crippen LogP contribution is 2.32.